The number of hydrogen-bond donors (Lipinski definition) is 3. The van der Waals surface area contributed by atoms with Crippen molar-refractivity contribution in [2.75, 3.05) is 13.1 Å². The number of aryl methyl sites for hydroxylation is 2. The van der Waals surface area contributed by atoms with Crippen LogP contribution in [0.2, 0.25) is 0 Å². The van der Waals surface area contributed by atoms with Gasteiger partial charge in [-0.1, -0.05) is 0 Å². The predicted molar refractivity (Wildman–Crippen MR) is 69.0 cm³/mol. The standard InChI is InChI=1S/C12H21N5O/c1-8-4-14-11(6-13-8)12(18)15-5-10-7-17(3)16-9(10)2/h7-8,11,13-14H,4-6H2,1-3H3,(H,15,18). The summed E-state index contributed by atoms with van der Waals surface area (Å²) in [4.78, 5) is 12.0. The second-order valence-electron chi connectivity index (χ2n) is 4.90. The molecule has 2 unspecified atom stereocenters. The van der Waals surface area contributed by atoms with E-state index in [1.807, 2.05) is 20.2 Å². The van der Waals surface area contributed by atoms with Crippen LogP contribution in [0.5, 0.6) is 0 Å². The van der Waals surface area contributed by atoms with Crippen molar-refractivity contribution in [3.05, 3.63) is 17.5 Å². The highest BCUT2D eigenvalue weighted by atomic mass is 16.2. The fourth-order valence-electron chi connectivity index (χ4n) is 2.10. The molecule has 1 amide bonds. The number of piperazine rings is 1. The van der Waals surface area contributed by atoms with Crippen LogP contribution in [0.3, 0.4) is 0 Å². The fraction of sp³-hybridized carbons (Fsp3) is 0.667. The minimum atomic E-state index is -0.141. The number of carbonyl (C=O) groups excluding carboxylic acids is 1. The Bertz CT molecular complexity index is 420. The summed E-state index contributed by atoms with van der Waals surface area (Å²) in [6, 6.07) is 0.285. The Balaban J connectivity index is 1.83. The molecule has 100 valence electrons. The molecular formula is C12H21N5O. The average Bonchev–Trinajstić information content (AvgIpc) is 2.66. The van der Waals surface area contributed by atoms with E-state index in [2.05, 4.69) is 28.0 Å². The zero-order valence-corrected chi connectivity index (χ0v) is 11.2. The molecule has 1 aliphatic heterocycles. The maximum Gasteiger partial charge on any atom is 0.238 e. The quantitative estimate of drug-likeness (QED) is 0.664. The van der Waals surface area contributed by atoms with Gasteiger partial charge in [-0.05, 0) is 13.8 Å². The summed E-state index contributed by atoms with van der Waals surface area (Å²) >= 11 is 0. The highest BCUT2D eigenvalue weighted by molar-refractivity contribution is 5.82. The normalized spacial score (nSPS) is 23.9. The van der Waals surface area contributed by atoms with E-state index >= 15 is 0 Å². The molecule has 3 N–H and O–H groups in total. The molecule has 18 heavy (non-hydrogen) atoms. The first-order chi connectivity index (χ1) is 8.56. The molecule has 1 aromatic rings. The smallest absolute Gasteiger partial charge is 0.238 e. The van der Waals surface area contributed by atoms with Gasteiger partial charge in [0.2, 0.25) is 5.91 Å². The molecule has 0 bridgehead atoms. The molecule has 6 heteroatoms. The fourth-order valence-corrected chi connectivity index (χ4v) is 2.10. The Kier molecular flexibility index (Phi) is 3.98. The Morgan fingerprint density at radius 3 is 2.89 bits per heavy atom. The SMILES string of the molecule is Cc1nn(C)cc1CNC(=O)C1CNC(C)CN1. The van der Waals surface area contributed by atoms with Crippen molar-refractivity contribution >= 4 is 5.91 Å². The summed E-state index contributed by atoms with van der Waals surface area (Å²) in [7, 11) is 1.88. The molecule has 1 aromatic heterocycles. The molecule has 0 saturated carbocycles. The third-order valence-electron chi connectivity index (χ3n) is 3.23. The summed E-state index contributed by atoms with van der Waals surface area (Å²) in [6.45, 7) is 6.08. The van der Waals surface area contributed by atoms with Gasteiger partial charge in [-0.25, -0.2) is 0 Å². The first-order valence-electron chi connectivity index (χ1n) is 6.30. The van der Waals surface area contributed by atoms with Gasteiger partial charge in [-0.15, -0.1) is 0 Å². The second-order valence-corrected chi connectivity index (χ2v) is 4.90. The van der Waals surface area contributed by atoms with Crippen LogP contribution < -0.4 is 16.0 Å². The van der Waals surface area contributed by atoms with Crippen LogP contribution in [0.4, 0.5) is 0 Å². The van der Waals surface area contributed by atoms with Crippen LogP contribution in [0.1, 0.15) is 18.2 Å². The van der Waals surface area contributed by atoms with Crippen molar-refractivity contribution in [1.82, 2.24) is 25.7 Å². The Morgan fingerprint density at radius 1 is 1.56 bits per heavy atom. The van der Waals surface area contributed by atoms with E-state index in [-0.39, 0.29) is 11.9 Å². The third-order valence-corrected chi connectivity index (χ3v) is 3.23. The number of amides is 1. The Labute approximate surface area is 107 Å². The first-order valence-corrected chi connectivity index (χ1v) is 6.30. The summed E-state index contributed by atoms with van der Waals surface area (Å²) < 4.78 is 1.76. The molecule has 0 spiro atoms. The van der Waals surface area contributed by atoms with E-state index in [9.17, 15) is 4.79 Å². The molecule has 1 saturated heterocycles. The summed E-state index contributed by atoms with van der Waals surface area (Å²) in [6.07, 6.45) is 1.93. The van der Waals surface area contributed by atoms with Gasteiger partial charge in [-0.3, -0.25) is 9.48 Å². The van der Waals surface area contributed by atoms with Crippen molar-refractivity contribution in [3.63, 3.8) is 0 Å². The number of aromatic nitrogens is 2. The predicted octanol–water partition coefficient (Wildman–Crippen LogP) is -0.705. The van der Waals surface area contributed by atoms with Gasteiger partial charge >= 0.3 is 0 Å². The van der Waals surface area contributed by atoms with Crippen LogP contribution in [0, 0.1) is 6.92 Å². The van der Waals surface area contributed by atoms with Crippen LogP contribution >= 0.6 is 0 Å². The van der Waals surface area contributed by atoms with Gasteiger partial charge in [0.1, 0.15) is 0 Å². The van der Waals surface area contributed by atoms with Gasteiger partial charge in [-0.2, -0.15) is 5.10 Å². The van der Waals surface area contributed by atoms with Gasteiger partial charge < -0.3 is 16.0 Å². The van der Waals surface area contributed by atoms with Crippen molar-refractivity contribution in [2.24, 2.45) is 7.05 Å². The number of rotatable bonds is 3. The number of carbonyl (C=O) groups is 1. The lowest BCUT2D eigenvalue weighted by Gasteiger charge is -2.28. The maximum atomic E-state index is 12.0. The Morgan fingerprint density at radius 2 is 2.33 bits per heavy atom. The largest absolute Gasteiger partial charge is 0.350 e. The topological polar surface area (TPSA) is 71.0 Å². The third kappa shape index (κ3) is 3.08. The van der Waals surface area contributed by atoms with E-state index in [1.165, 1.54) is 0 Å². The van der Waals surface area contributed by atoms with Crippen LogP contribution in [-0.4, -0.2) is 40.9 Å². The zero-order valence-electron chi connectivity index (χ0n) is 11.2. The van der Waals surface area contributed by atoms with E-state index in [4.69, 9.17) is 0 Å². The summed E-state index contributed by atoms with van der Waals surface area (Å²) in [5.41, 5.74) is 2.02. The van der Waals surface area contributed by atoms with Crippen LogP contribution in [-0.2, 0) is 18.4 Å². The average molecular weight is 251 g/mol. The highest BCUT2D eigenvalue weighted by Gasteiger charge is 2.22. The van der Waals surface area contributed by atoms with Crippen molar-refractivity contribution < 1.29 is 4.79 Å². The van der Waals surface area contributed by atoms with Crippen molar-refractivity contribution in [3.8, 4) is 0 Å². The molecule has 2 rings (SSSR count). The van der Waals surface area contributed by atoms with Gasteiger partial charge in [0.25, 0.3) is 0 Å². The highest BCUT2D eigenvalue weighted by Crippen LogP contribution is 2.04. The van der Waals surface area contributed by atoms with Crippen molar-refractivity contribution in [2.45, 2.75) is 32.5 Å². The van der Waals surface area contributed by atoms with E-state index in [0.717, 1.165) is 17.8 Å². The first kappa shape index (κ1) is 13.0. The van der Waals surface area contributed by atoms with Crippen LogP contribution in [0.25, 0.3) is 0 Å². The maximum absolute atomic E-state index is 12.0. The van der Waals surface area contributed by atoms with E-state index < -0.39 is 0 Å². The Hall–Kier alpha value is -1.40. The van der Waals surface area contributed by atoms with Gasteiger partial charge in [0, 0.05) is 44.5 Å². The number of nitrogens with one attached hydrogen (secondary N) is 3. The van der Waals surface area contributed by atoms with Crippen molar-refractivity contribution in [1.29, 1.82) is 0 Å². The molecule has 2 heterocycles. The minimum absolute atomic E-state index is 0.0395. The molecule has 0 aliphatic carbocycles. The molecule has 1 fully saturated rings. The lowest BCUT2D eigenvalue weighted by molar-refractivity contribution is -0.123. The molecule has 0 radical (unpaired) electrons. The van der Waals surface area contributed by atoms with Gasteiger partial charge in [0.05, 0.1) is 11.7 Å². The molecule has 6 nitrogen and oxygen atoms in total. The molecule has 2 atom stereocenters. The summed E-state index contributed by atoms with van der Waals surface area (Å²) in [5.74, 6) is 0.0395. The van der Waals surface area contributed by atoms with Crippen LogP contribution in [0.15, 0.2) is 6.20 Å². The second kappa shape index (κ2) is 5.49. The minimum Gasteiger partial charge on any atom is -0.350 e. The number of nitrogens with zero attached hydrogens (tertiary/aromatic N) is 2. The molecule has 1 aliphatic rings. The molecule has 0 aromatic carbocycles. The summed E-state index contributed by atoms with van der Waals surface area (Å²) in [5, 5.41) is 13.7. The van der Waals surface area contributed by atoms with Gasteiger partial charge in [0.15, 0.2) is 0 Å². The van der Waals surface area contributed by atoms with E-state index in [1.54, 1.807) is 4.68 Å². The molecular weight excluding hydrogens is 230 g/mol. The van der Waals surface area contributed by atoms with E-state index in [0.29, 0.717) is 19.1 Å². The lowest BCUT2D eigenvalue weighted by atomic mass is 10.1. The monoisotopic (exact) mass is 251 g/mol. The lowest BCUT2D eigenvalue weighted by Crippen LogP contribution is -2.58. The number of hydrogen-bond acceptors (Lipinski definition) is 4. The zero-order chi connectivity index (χ0) is 13.1.